The third kappa shape index (κ3) is 3.99. The Kier molecular flexibility index (Phi) is 5.02. The highest BCUT2D eigenvalue weighted by Crippen LogP contribution is 2.21. The van der Waals surface area contributed by atoms with Crippen LogP contribution < -0.4 is 10.2 Å². The van der Waals surface area contributed by atoms with Crippen LogP contribution in [0.15, 0.2) is 41.1 Å². The van der Waals surface area contributed by atoms with Crippen LogP contribution >= 0.6 is 0 Å². The van der Waals surface area contributed by atoms with Crippen LogP contribution in [0.5, 0.6) is 0 Å². The molecule has 0 aromatic carbocycles. The van der Waals surface area contributed by atoms with Gasteiger partial charge in [-0.2, -0.15) is 0 Å². The molecule has 0 radical (unpaired) electrons. The Morgan fingerprint density at radius 3 is 2.80 bits per heavy atom. The van der Waals surface area contributed by atoms with Crippen molar-refractivity contribution in [2.24, 2.45) is 5.92 Å². The van der Waals surface area contributed by atoms with E-state index in [1.165, 1.54) is 6.26 Å². The van der Waals surface area contributed by atoms with Gasteiger partial charge in [-0.3, -0.25) is 9.59 Å². The largest absolute Gasteiger partial charge is 0.459 e. The molecular weight excluding hydrogens is 320 g/mol. The van der Waals surface area contributed by atoms with Gasteiger partial charge in [0.1, 0.15) is 5.82 Å². The van der Waals surface area contributed by atoms with E-state index in [9.17, 15) is 9.59 Å². The number of furan rings is 1. The number of hydrogen-bond acceptors (Lipinski definition) is 5. The van der Waals surface area contributed by atoms with E-state index in [1.807, 2.05) is 31.1 Å². The van der Waals surface area contributed by atoms with E-state index in [-0.39, 0.29) is 17.7 Å². The fraction of sp³-hybridized carbons (Fsp3) is 0.389. The van der Waals surface area contributed by atoms with E-state index < -0.39 is 0 Å². The van der Waals surface area contributed by atoms with E-state index in [2.05, 4.69) is 10.3 Å². The lowest BCUT2D eigenvalue weighted by molar-refractivity contribution is -0.121. The van der Waals surface area contributed by atoms with Crippen molar-refractivity contribution in [2.75, 3.05) is 37.4 Å². The van der Waals surface area contributed by atoms with Crippen molar-refractivity contribution in [3.05, 3.63) is 42.5 Å². The maximum atomic E-state index is 12.5. The van der Waals surface area contributed by atoms with Gasteiger partial charge in [-0.25, -0.2) is 4.98 Å². The maximum Gasteiger partial charge on any atom is 0.289 e. The Morgan fingerprint density at radius 1 is 1.32 bits per heavy atom. The molecule has 1 fully saturated rings. The van der Waals surface area contributed by atoms with Gasteiger partial charge in [0.2, 0.25) is 5.91 Å². The summed E-state index contributed by atoms with van der Waals surface area (Å²) in [6.07, 6.45) is 4.67. The molecule has 3 rings (SSSR count). The predicted molar refractivity (Wildman–Crippen MR) is 94.5 cm³/mol. The first-order chi connectivity index (χ1) is 12.0. The summed E-state index contributed by atoms with van der Waals surface area (Å²) >= 11 is 0. The molecule has 0 unspecified atom stereocenters. The van der Waals surface area contributed by atoms with Crippen molar-refractivity contribution in [1.29, 1.82) is 0 Å². The number of aromatic nitrogens is 1. The lowest BCUT2D eigenvalue weighted by Gasteiger charge is -2.31. The Labute approximate surface area is 146 Å². The van der Waals surface area contributed by atoms with E-state index in [0.717, 1.165) is 18.7 Å². The zero-order valence-corrected chi connectivity index (χ0v) is 14.4. The van der Waals surface area contributed by atoms with Crippen molar-refractivity contribution in [2.45, 2.75) is 12.8 Å². The third-order valence-electron chi connectivity index (χ3n) is 4.28. The van der Waals surface area contributed by atoms with Gasteiger partial charge in [-0.1, -0.05) is 0 Å². The number of rotatable bonds is 4. The van der Waals surface area contributed by atoms with Crippen LogP contribution in [0.2, 0.25) is 0 Å². The number of likely N-dealkylation sites (tertiary alicyclic amines) is 1. The molecule has 1 saturated heterocycles. The lowest BCUT2D eigenvalue weighted by Crippen LogP contribution is -2.43. The second-order valence-corrected chi connectivity index (χ2v) is 6.36. The Balaban J connectivity index is 1.61. The lowest BCUT2D eigenvalue weighted by atomic mass is 9.97. The highest BCUT2D eigenvalue weighted by Gasteiger charge is 2.29. The molecule has 0 spiro atoms. The van der Waals surface area contributed by atoms with E-state index in [1.54, 1.807) is 23.2 Å². The molecule has 3 heterocycles. The summed E-state index contributed by atoms with van der Waals surface area (Å²) in [7, 11) is 3.82. The number of amides is 2. The summed E-state index contributed by atoms with van der Waals surface area (Å²) in [4.78, 5) is 32.8. The second-order valence-electron chi connectivity index (χ2n) is 6.36. The number of nitrogens with zero attached hydrogens (tertiary/aromatic N) is 3. The molecule has 2 aromatic heterocycles. The molecule has 1 aliphatic rings. The summed E-state index contributed by atoms with van der Waals surface area (Å²) in [5, 5.41) is 2.89. The number of hydrogen-bond donors (Lipinski definition) is 1. The molecule has 2 aromatic rings. The summed E-state index contributed by atoms with van der Waals surface area (Å²) in [5.41, 5.74) is 0.657. The summed E-state index contributed by atoms with van der Waals surface area (Å²) < 4.78 is 5.17. The molecule has 1 aliphatic heterocycles. The number of piperidine rings is 1. The molecule has 25 heavy (non-hydrogen) atoms. The fourth-order valence-corrected chi connectivity index (χ4v) is 2.90. The van der Waals surface area contributed by atoms with Crippen molar-refractivity contribution in [3.63, 3.8) is 0 Å². The first kappa shape index (κ1) is 17.0. The number of anilines is 2. The third-order valence-corrected chi connectivity index (χ3v) is 4.28. The van der Waals surface area contributed by atoms with Crippen molar-refractivity contribution < 1.29 is 14.0 Å². The highest BCUT2D eigenvalue weighted by atomic mass is 16.3. The van der Waals surface area contributed by atoms with Crippen LogP contribution in [-0.4, -0.2) is 48.9 Å². The van der Waals surface area contributed by atoms with Gasteiger partial charge in [-0.05, 0) is 37.1 Å². The highest BCUT2D eigenvalue weighted by molar-refractivity contribution is 5.94. The minimum atomic E-state index is -0.235. The Morgan fingerprint density at radius 2 is 2.16 bits per heavy atom. The molecule has 0 saturated carbocycles. The number of nitrogens with one attached hydrogen (secondary N) is 1. The molecule has 132 valence electrons. The number of pyridine rings is 1. The Hall–Kier alpha value is -2.83. The van der Waals surface area contributed by atoms with Crippen LogP contribution in [0, 0.1) is 5.92 Å². The topological polar surface area (TPSA) is 78.7 Å². The standard InChI is InChI=1S/C18H22N4O3/c1-21(2)16-8-7-14(11-19-16)20-17(23)13-5-3-9-22(12-13)18(24)15-6-4-10-25-15/h4,6-8,10-11,13H,3,5,9,12H2,1-2H3,(H,20,23)/t13-/m1/s1. The van der Waals surface area contributed by atoms with Crippen molar-refractivity contribution in [1.82, 2.24) is 9.88 Å². The van der Waals surface area contributed by atoms with Gasteiger partial charge in [0.25, 0.3) is 5.91 Å². The first-order valence-corrected chi connectivity index (χ1v) is 8.31. The number of carbonyl (C=O) groups is 2. The van der Waals surface area contributed by atoms with Gasteiger partial charge in [-0.15, -0.1) is 0 Å². The minimum absolute atomic E-state index is 0.0867. The van der Waals surface area contributed by atoms with Crippen LogP contribution in [-0.2, 0) is 4.79 Å². The minimum Gasteiger partial charge on any atom is -0.459 e. The van der Waals surface area contributed by atoms with Gasteiger partial charge in [0.15, 0.2) is 5.76 Å². The SMILES string of the molecule is CN(C)c1ccc(NC(=O)[C@@H]2CCCN(C(=O)c3ccco3)C2)cn1. The monoisotopic (exact) mass is 342 g/mol. The Bertz CT molecular complexity index is 725. The molecule has 1 N–H and O–H groups in total. The summed E-state index contributed by atoms with van der Waals surface area (Å²) in [5.74, 6) is 0.646. The molecule has 0 bridgehead atoms. The average molecular weight is 342 g/mol. The van der Waals surface area contributed by atoms with Crippen LogP contribution in [0.3, 0.4) is 0 Å². The van der Waals surface area contributed by atoms with Crippen LogP contribution in [0.1, 0.15) is 23.4 Å². The van der Waals surface area contributed by atoms with Gasteiger partial charge < -0.3 is 19.5 Å². The normalized spacial score (nSPS) is 17.2. The van der Waals surface area contributed by atoms with Gasteiger partial charge >= 0.3 is 0 Å². The fourth-order valence-electron chi connectivity index (χ4n) is 2.90. The summed E-state index contributed by atoms with van der Waals surface area (Å²) in [6.45, 7) is 1.04. The van der Waals surface area contributed by atoms with E-state index >= 15 is 0 Å². The zero-order chi connectivity index (χ0) is 17.8. The van der Waals surface area contributed by atoms with E-state index in [4.69, 9.17) is 4.42 Å². The predicted octanol–water partition coefficient (Wildman–Crippen LogP) is 2.23. The zero-order valence-electron chi connectivity index (χ0n) is 14.4. The van der Waals surface area contributed by atoms with Crippen molar-refractivity contribution >= 4 is 23.3 Å². The molecular formula is C18H22N4O3. The van der Waals surface area contributed by atoms with Gasteiger partial charge in [0, 0.05) is 27.2 Å². The second kappa shape index (κ2) is 7.38. The summed E-state index contributed by atoms with van der Waals surface area (Å²) in [6, 6.07) is 7.01. The van der Waals surface area contributed by atoms with Gasteiger partial charge in [0.05, 0.1) is 24.1 Å². The smallest absolute Gasteiger partial charge is 0.289 e. The average Bonchev–Trinajstić information content (AvgIpc) is 3.16. The number of carbonyl (C=O) groups excluding carboxylic acids is 2. The first-order valence-electron chi connectivity index (χ1n) is 8.31. The maximum absolute atomic E-state index is 12.5. The van der Waals surface area contributed by atoms with Crippen molar-refractivity contribution in [3.8, 4) is 0 Å². The molecule has 1 atom stereocenters. The molecule has 2 amide bonds. The molecule has 7 nitrogen and oxygen atoms in total. The van der Waals surface area contributed by atoms with Crippen LogP contribution in [0.25, 0.3) is 0 Å². The quantitative estimate of drug-likeness (QED) is 0.922. The van der Waals surface area contributed by atoms with E-state index in [0.29, 0.717) is 24.5 Å². The van der Waals surface area contributed by atoms with Crippen LogP contribution in [0.4, 0.5) is 11.5 Å². The molecule has 7 heteroatoms. The molecule has 0 aliphatic carbocycles.